The molecule has 0 spiro atoms. The van der Waals surface area contributed by atoms with Crippen molar-refractivity contribution in [3.05, 3.63) is 41.6 Å². The van der Waals surface area contributed by atoms with Crippen LogP contribution in [0.2, 0.25) is 0 Å². The summed E-state index contributed by atoms with van der Waals surface area (Å²) in [6.07, 6.45) is 0. The lowest BCUT2D eigenvalue weighted by Crippen LogP contribution is -2.13. The third kappa shape index (κ3) is 3.71. The number of hydrogen-bond acceptors (Lipinski definition) is 7. The Balaban J connectivity index is 1.57. The van der Waals surface area contributed by atoms with Gasteiger partial charge in [-0.3, -0.25) is 4.79 Å². The van der Waals surface area contributed by atoms with Gasteiger partial charge in [0.15, 0.2) is 5.13 Å². The highest BCUT2D eigenvalue weighted by molar-refractivity contribution is 7.99. The number of aryl methyl sites for hydroxylation is 1. The van der Waals surface area contributed by atoms with Crippen molar-refractivity contribution in [3.63, 3.8) is 0 Å². The minimum absolute atomic E-state index is 0.158. The maximum absolute atomic E-state index is 11.9. The van der Waals surface area contributed by atoms with Gasteiger partial charge in [-0.25, -0.2) is 4.98 Å². The van der Waals surface area contributed by atoms with Crippen LogP contribution in [0.5, 0.6) is 0 Å². The van der Waals surface area contributed by atoms with Gasteiger partial charge in [-0.15, -0.1) is 21.5 Å². The van der Waals surface area contributed by atoms with Crippen LogP contribution in [-0.2, 0) is 4.79 Å². The summed E-state index contributed by atoms with van der Waals surface area (Å²) in [6.45, 7) is 1.71. The van der Waals surface area contributed by atoms with Crippen molar-refractivity contribution in [1.29, 1.82) is 0 Å². The second-order valence-corrected chi connectivity index (χ2v) is 6.11. The molecule has 112 valence electrons. The van der Waals surface area contributed by atoms with E-state index in [1.165, 1.54) is 23.1 Å². The van der Waals surface area contributed by atoms with Crippen LogP contribution in [0.25, 0.3) is 11.3 Å². The standard InChI is InChI=1S/C14H12N4O2S2/c1-9-17-18-14(20-9)22-8-12(19)16-13-15-11(7-21-13)10-5-3-2-4-6-10/h2-7H,8H2,1H3,(H,15,16,19). The Kier molecular flexibility index (Phi) is 4.50. The lowest BCUT2D eigenvalue weighted by atomic mass is 10.2. The molecule has 0 radical (unpaired) electrons. The number of carbonyl (C=O) groups is 1. The second-order valence-electron chi connectivity index (χ2n) is 4.33. The number of rotatable bonds is 5. The van der Waals surface area contributed by atoms with E-state index in [0.29, 0.717) is 16.2 Å². The van der Waals surface area contributed by atoms with Crippen LogP contribution in [0.15, 0.2) is 45.4 Å². The minimum atomic E-state index is -0.158. The van der Waals surface area contributed by atoms with Gasteiger partial charge in [-0.2, -0.15) is 0 Å². The van der Waals surface area contributed by atoms with Crippen LogP contribution < -0.4 is 5.32 Å². The van der Waals surface area contributed by atoms with Gasteiger partial charge >= 0.3 is 0 Å². The van der Waals surface area contributed by atoms with Crippen molar-refractivity contribution < 1.29 is 9.21 Å². The van der Waals surface area contributed by atoms with E-state index in [9.17, 15) is 4.79 Å². The number of thiazole rings is 1. The number of nitrogens with zero attached hydrogens (tertiary/aromatic N) is 3. The van der Waals surface area contributed by atoms with E-state index in [0.717, 1.165) is 11.3 Å². The predicted molar refractivity (Wildman–Crippen MR) is 85.9 cm³/mol. The molecule has 0 saturated heterocycles. The Morgan fingerprint density at radius 3 is 2.86 bits per heavy atom. The van der Waals surface area contributed by atoms with Gasteiger partial charge in [0.05, 0.1) is 11.4 Å². The van der Waals surface area contributed by atoms with E-state index in [4.69, 9.17) is 4.42 Å². The largest absolute Gasteiger partial charge is 0.416 e. The molecule has 0 aliphatic rings. The summed E-state index contributed by atoms with van der Waals surface area (Å²) in [5, 5.41) is 13.2. The van der Waals surface area contributed by atoms with E-state index >= 15 is 0 Å². The second kappa shape index (κ2) is 6.71. The Hall–Kier alpha value is -2.19. The molecule has 2 heterocycles. The summed E-state index contributed by atoms with van der Waals surface area (Å²) >= 11 is 2.59. The van der Waals surface area contributed by atoms with Crippen molar-refractivity contribution in [1.82, 2.24) is 15.2 Å². The zero-order chi connectivity index (χ0) is 15.4. The molecule has 0 bridgehead atoms. The van der Waals surface area contributed by atoms with Crippen LogP contribution in [0.3, 0.4) is 0 Å². The van der Waals surface area contributed by atoms with Gasteiger partial charge in [-0.1, -0.05) is 42.1 Å². The van der Waals surface area contributed by atoms with Gasteiger partial charge in [0.25, 0.3) is 5.22 Å². The Labute approximate surface area is 135 Å². The first-order valence-corrected chi connectivity index (χ1v) is 8.31. The fourth-order valence-corrected chi connectivity index (χ4v) is 3.03. The molecule has 0 saturated carbocycles. The maximum atomic E-state index is 11.9. The van der Waals surface area contributed by atoms with E-state index in [2.05, 4.69) is 20.5 Å². The summed E-state index contributed by atoms with van der Waals surface area (Å²) in [5.41, 5.74) is 1.87. The molecule has 3 aromatic rings. The molecule has 0 aliphatic heterocycles. The van der Waals surface area contributed by atoms with Crippen LogP contribution >= 0.6 is 23.1 Å². The Morgan fingerprint density at radius 1 is 1.32 bits per heavy atom. The van der Waals surface area contributed by atoms with E-state index in [1.807, 2.05) is 35.7 Å². The molecule has 3 rings (SSSR count). The van der Waals surface area contributed by atoms with Gasteiger partial charge < -0.3 is 9.73 Å². The van der Waals surface area contributed by atoms with Crippen molar-refractivity contribution in [2.24, 2.45) is 0 Å². The molecule has 0 aliphatic carbocycles. The summed E-state index contributed by atoms with van der Waals surface area (Å²) < 4.78 is 5.19. The molecule has 1 aromatic carbocycles. The lowest BCUT2D eigenvalue weighted by molar-refractivity contribution is -0.113. The summed E-state index contributed by atoms with van der Waals surface area (Å²) in [6, 6.07) is 9.82. The van der Waals surface area contributed by atoms with Crippen molar-refractivity contribution in [2.75, 3.05) is 11.1 Å². The molecule has 6 nitrogen and oxygen atoms in total. The van der Waals surface area contributed by atoms with E-state index < -0.39 is 0 Å². The quantitative estimate of drug-likeness (QED) is 0.723. The smallest absolute Gasteiger partial charge is 0.277 e. The number of hydrogen-bond donors (Lipinski definition) is 1. The molecular formula is C14H12N4O2S2. The summed E-state index contributed by atoms with van der Waals surface area (Å²) in [4.78, 5) is 16.3. The number of aromatic nitrogens is 3. The monoisotopic (exact) mass is 332 g/mol. The van der Waals surface area contributed by atoms with Crippen molar-refractivity contribution in [2.45, 2.75) is 12.1 Å². The minimum Gasteiger partial charge on any atom is -0.416 e. The Morgan fingerprint density at radius 2 is 2.14 bits per heavy atom. The average molecular weight is 332 g/mol. The highest BCUT2D eigenvalue weighted by atomic mass is 32.2. The molecule has 1 amide bonds. The zero-order valence-corrected chi connectivity index (χ0v) is 13.3. The first-order valence-electron chi connectivity index (χ1n) is 6.44. The third-order valence-corrected chi connectivity index (χ3v) is 4.23. The maximum Gasteiger partial charge on any atom is 0.277 e. The number of carbonyl (C=O) groups excluding carboxylic acids is 1. The molecule has 8 heteroatoms. The van der Waals surface area contributed by atoms with Gasteiger partial charge in [0.1, 0.15) is 0 Å². The van der Waals surface area contributed by atoms with E-state index in [1.54, 1.807) is 6.92 Å². The van der Waals surface area contributed by atoms with Crippen LogP contribution in [0, 0.1) is 6.92 Å². The fourth-order valence-electron chi connectivity index (χ4n) is 1.69. The fraction of sp³-hybridized carbons (Fsp3) is 0.143. The number of benzene rings is 1. The van der Waals surface area contributed by atoms with Crippen molar-refractivity contribution >= 4 is 34.1 Å². The van der Waals surface area contributed by atoms with Crippen LogP contribution in [-0.4, -0.2) is 26.8 Å². The van der Waals surface area contributed by atoms with Crippen molar-refractivity contribution in [3.8, 4) is 11.3 Å². The molecule has 0 fully saturated rings. The molecule has 0 unspecified atom stereocenters. The molecule has 2 aromatic heterocycles. The number of nitrogens with one attached hydrogen (secondary N) is 1. The average Bonchev–Trinajstić information content (AvgIpc) is 3.15. The SMILES string of the molecule is Cc1nnc(SCC(=O)Nc2nc(-c3ccccc3)cs2)o1. The van der Waals surface area contributed by atoms with Crippen LogP contribution in [0.4, 0.5) is 5.13 Å². The summed E-state index contributed by atoms with van der Waals surface area (Å²) in [5.74, 6) is 0.521. The highest BCUT2D eigenvalue weighted by Crippen LogP contribution is 2.25. The predicted octanol–water partition coefficient (Wildman–Crippen LogP) is 3.23. The Bertz CT molecular complexity index is 770. The first-order chi connectivity index (χ1) is 10.7. The first kappa shape index (κ1) is 14.7. The van der Waals surface area contributed by atoms with E-state index in [-0.39, 0.29) is 11.7 Å². The van der Waals surface area contributed by atoms with Gasteiger partial charge in [0, 0.05) is 17.9 Å². The highest BCUT2D eigenvalue weighted by Gasteiger charge is 2.10. The zero-order valence-electron chi connectivity index (χ0n) is 11.6. The van der Waals surface area contributed by atoms with Gasteiger partial charge in [0.2, 0.25) is 11.8 Å². The summed E-state index contributed by atoms with van der Waals surface area (Å²) in [7, 11) is 0. The molecule has 22 heavy (non-hydrogen) atoms. The molecule has 1 N–H and O–H groups in total. The third-order valence-electron chi connectivity index (χ3n) is 2.65. The van der Waals surface area contributed by atoms with Gasteiger partial charge in [-0.05, 0) is 0 Å². The number of thioether (sulfide) groups is 1. The number of amides is 1. The lowest BCUT2D eigenvalue weighted by Gasteiger charge is -1.99. The number of anilines is 1. The van der Waals surface area contributed by atoms with Crippen LogP contribution in [0.1, 0.15) is 5.89 Å². The normalized spacial score (nSPS) is 10.6. The topological polar surface area (TPSA) is 80.9 Å². The molecule has 0 atom stereocenters. The molecular weight excluding hydrogens is 320 g/mol.